The number of nitrogens with zero attached hydrogens (tertiary/aromatic N) is 2. The number of benzene rings is 2. The van der Waals surface area contributed by atoms with Gasteiger partial charge in [-0.05, 0) is 29.3 Å². The summed E-state index contributed by atoms with van der Waals surface area (Å²) in [6.45, 7) is 0.626. The van der Waals surface area contributed by atoms with Crippen LogP contribution in [-0.4, -0.2) is 16.3 Å². The summed E-state index contributed by atoms with van der Waals surface area (Å²) in [4.78, 5) is 0. The zero-order valence-electron chi connectivity index (χ0n) is 13.8. The zero-order chi connectivity index (χ0) is 18.1. The van der Waals surface area contributed by atoms with Crippen molar-refractivity contribution in [2.24, 2.45) is 0 Å². The Balaban J connectivity index is 1.94. The molecule has 3 nitrogen and oxygen atoms in total. The molecule has 0 saturated heterocycles. The summed E-state index contributed by atoms with van der Waals surface area (Å²) in [7, 11) is 0. The zero-order valence-corrected chi connectivity index (χ0v) is 13.8. The third-order valence-corrected chi connectivity index (χ3v) is 4.31. The van der Waals surface area contributed by atoms with Crippen LogP contribution in [-0.2, 0) is 12.7 Å². The van der Waals surface area contributed by atoms with Gasteiger partial charge in [0.1, 0.15) is 0 Å². The summed E-state index contributed by atoms with van der Waals surface area (Å²) in [5.41, 5.74) is 2.21. The molecule has 1 N–H and O–H groups in total. The molecule has 0 unspecified atom stereocenters. The lowest BCUT2D eigenvalue weighted by molar-refractivity contribution is -0.142. The van der Waals surface area contributed by atoms with Crippen molar-refractivity contribution >= 4 is 11.6 Å². The lowest BCUT2D eigenvalue weighted by Crippen LogP contribution is -2.25. The molecular formula is C20H16F3N3. The number of nitrogens with one attached hydrogen (secondary N) is 1. The largest absolute Gasteiger partial charge is 0.435 e. The smallest absolute Gasteiger partial charge is 0.308 e. The quantitative estimate of drug-likeness (QED) is 0.732. The van der Waals surface area contributed by atoms with Gasteiger partial charge >= 0.3 is 6.18 Å². The Morgan fingerprint density at radius 1 is 0.923 bits per heavy atom. The van der Waals surface area contributed by atoms with E-state index in [4.69, 9.17) is 0 Å². The van der Waals surface area contributed by atoms with E-state index in [1.807, 2.05) is 42.5 Å². The van der Waals surface area contributed by atoms with Crippen LogP contribution in [0.4, 0.5) is 13.2 Å². The highest BCUT2D eigenvalue weighted by Crippen LogP contribution is 2.37. The highest BCUT2D eigenvalue weighted by Gasteiger charge is 2.40. The number of rotatable bonds is 2. The summed E-state index contributed by atoms with van der Waals surface area (Å²) in [5, 5.41) is 7.00. The van der Waals surface area contributed by atoms with Gasteiger partial charge in [-0.15, -0.1) is 0 Å². The second-order valence-corrected chi connectivity index (χ2v) is 6.10. The molecule has 0 saturated carbocycles. The Morgan fingerprint density at radius 3 is 2.23 bits per heavy atom. The van der Waals surface area contributed by atoms with E-state index in [1.165, 1.54) is 4.68 Å². The van der Waals surface area contributed by atoms with Gasteiger partial charge in [0.25, 0.3) is 0 Å². The molecule has 0 aliphatic carbocycles. The molecule has 26 heavy (non-hydrogen) atoms. The van der Waals surface area contributed by atoms with Crippen LogP contribution in [0.2, 0.25) is 0 Å². The number of alkyl halides is 3. The van der Waals surface area contributed by atoms with Gasteiger partial charge in [0.05, 0.1) is 11.4 Å². The Kier molecular flexibility index (Phi) is 4.12. The van der Waals surface area contributed by atoms with Crippen molar-refractivity contribution in [2.75, 3.05) is 6.54 Å². The van der Waals surface area contributed by atoms with Crippen LogP contribution < -0.4 is 5.32 Å². The molecule has 3 aromatic rings. The molecule has 6 heteroatoms. The Morgan fingerprint density at radius 2 is 1.58 bits per heavy atom. The fraction of sp³-hybridized carbons (Fsp3) is 0.150. The fourth-order valence-corrected chi connectivity index (χ4v) is 3.21. The van der Waals surface area contributed by atoms with Gasteiger partial charge in [-0.25, -0.2) is 4.68 Å². The van der Waals surface area contributed by atoms with E-state index in [9.17, 15) is 13.2 Å². The van der Waals surface area contributed by atoms with E-state index >= 15 is 0 Å². The van der Waals surface area contributed by atoms with E-state index in [0.29, 0.717) is 17.9 Å². The molecule has 2 aromatic carbocycles. The number of hydrogen-bond donors (Lipinski definition) is 1. The van der Waals surface area contributed by atoms with Crippen molar-refractivity contribution in [3.8, 4) is 5.69 Å². The first-order chi connectivity index (χ1) is 12.5. The normalized spacial score (nSPS) is 15.9. The molecule has 0 radical (unpaired) electrons. The predicted octanol–water partition coefficient (Wildman–Crippen LogP) is 4.53. The Labute approximate surface area is 148 Å². The topological polar surface area (TPSA) is 29.9 Å². The molecule has 1 aliphatic heterocycles. The maximum atomic E-state index is 13.5. The van der Waals surface area contributed by atoms with E-state index in [-0.39, 0.29) is 12.1 Å². The lowest BCUT2D eigenvalue weighted by Gasteiger charge is -2.20. The van der Waals surface area contributed by atoms with Crippen molar-refractivity contribution in [3.05, 3.63) is 83.2 Å². The molecule has 0 bridgehead atoms. The number of para-hydroxylation sites is 1. The molecule has 1 aliphatic rings. The number of aromatic nitrogens is 2. The standard InChI is InChI=1S/C20H16F3N3/c21-20(22,23)19-17-13-24-12-15(11-14-7-3-1-4-8-14)18(17)26(25-19)16-9-5-2-6-10-16/h1-11,24H,12-13H2. The average molecular weight is 355 g/mol. The van der Waals surface area contributed by atoms with Crippen LogP contribution in [0.15, 0.2) is 60.7 Å². The van der Waals surface area contributed by atoms with E-state index in [2.05, 4.69) is 10.4 Å². The fourth-order valence-electron chi connectivity index (χ4n) is 3.21. The van der Waals surface area contributed by atoms with Crippen molar-refractivity contribution < 1.29 is 13.2 Å². The van der Waals surface area contributed by atoms with Crippen molar-refractivity contribution in [2.45, 2.75) is 12.7 Å². The minimum absolute atomic E-state index is 0.142. The van der Waals surface area contributed by atoms with Crippen molar-refractivity contribution in [3.63, 3.8) is 0 Å². The molecule has 132 valence electrons. The Hall–Kier alpha value is -2.86. The molecule has 0 amide bonds. The average Bonchev–Trinajstić information content (AvgIpc) is 3.04. The van der Waals surface area contributed by atoms with Crippen molar-refractivity contribution in [1.29, 1.82) is 0 Å². The van der Waals surface area contributed by atoms with Crippen LogP contribution in [0.1, 0.15) is 22.5 Å². The summed E-state index contributed by atoms with van der Waals surface area (Å²) in [5.74, 6) is 0. The van der Waals surface area contributed by atoms with Gasteiger partial charge in [0.15, 0.2) is 5.69 Å². The van der Waals surface area contributed by atoms with Crippen LogP contribution in [0.25, 0.3) is 17.3 Å². The second-order valence-electron chi connectivity index (χ2n) is 6.10. The molecule has 1 aromatic heterocycles. The number of fused-ring (bicyclic) bond motifs is 1. The summed E-state index contributed by atoms with van der Waals surface area (Å²) in [6, 6.07) is 18.5. The molecule has 2 heterocycles. The van der Waals surface area contributed by atoms with Gasteiger partial charge in [-0.3, -0.25) is 0 Å². The molecular weight excluding hydrogens is 339 g/mol. The molecule has 0 spiro atoms. The van der Waals surface area contributed by atoms with Crippen LogP contribution in [0.3, 0.4) is 0 Å². The monoisotopic (exact) mass is 355 g/mol. The minimum atomic E-state index is -4.50. The molecule has 0 atom stereocenters. The van der Waals surface area contributed by atoms with Crippen LogP contribution in [0, 0.1) is 0 Å². The first kappa shape index (κ1) is 16.6. The highest BCUT2D eigenvalue weighted by atomic mass is 19.4. The van der Waals surface area contributed by atoms with E-state index < -0.39 is 11.9 Å². The van der Waals surface area contributed by atoms with E-state index in [1.54, 1.807) is 24.3 Å². The Bertz CT molecular complexity index is 942. The first-order valence-electron chi connectivity index (χ1n) is 8.25. The summed E-state index contributed by atoms with van der Waals surface area (Å²) >= 11 is 0. The van der Waals surface area contributed by atoms with Crippen LogP contribution in [0.5, 0.6) is 0 Å². The van der Waals surface area contributed by atoms with Crippen LogP contribution >= 0.6 is 0 Å². The number of halogens is 3. The predicted molar refractivity (Wildman–Crippen MR) is 94.6 cm³/mol. The molecule has 4 rings (SSSR count). The SMILES string of the molecule is FC(F)(F)c1nn(-c2ccccc2)c2c1CNCC2=Cc1ccccc1. The lowest BCUT2D eigenvalue weighted by atomic mass is 9.99. The van der Waals surface area contributed by atoms with Gasteiger partial charge in [-0.2, -0.15) is 18.3 Å². The van der Waals surface area contributed by atoms with E-state index in [0.717, 1.165) is 11.1 Å². The third-order valence-electron chi connectivity index (χ3n) is 4.31. The van der Waals surface area contributed by atoms with Gasteiger partial charge in [0, 0.05) is 18.7 Å². The highest BCUT2D eigenvalue weighted by molar-refractivity contribution is 5.84. The third kappa shape index (κ3) is 3.04. The number of hydrogen-bond acceptors (Lipinski definition) is 2. The minimum Gasteiger partial charge on any atom is -0.308 e. The second kappa shape index (κ2) is 6.46. The first-order valence-corrected chi connectivity index (χ1v) is 8.25. The van der Waals surface area contributed by atoms with Crippen molar-refractivity contribution in [1.82, 2.24) is 15.1 Å². The van der Waals surface area contributed by atoms with Gasteiger partial charge in [0.2, 0.25) is 0 Å². The van der Waals surface area contributed by atoms with Gasteiger partial charge < -0.3 is 5.32 Å². The van der Waals surface area contributed by atoms with Gasteiger partial charge in [-0.1, -0.05) is 48.5 Å². The maximum Gasteiger partial charge on any atom is 0.435 e. The summed E-state index contributed by atoms with van der Waals surface area (Å²) < 4.78 is 42.0. The molecule has 0 fully saturated rings. The summed E-state index contributed by atoms with van der Waals surface area (Å²) in [6.07, 6.45) is -2.59. The maximum absolute atomic E-state index is 13.5.